The summed E-state index contributed by atoms with van der Waals surface area (Å²) >= 11 is 2.73. The van der Waals surface area contributed by atoms with Gasteiger partial charge < -0.3 is 54.3 Å². The summed E-state index contributed by atoms with van der Waals surface area (Å²) in [6.07, 6.45) is 23.0. The zero-order valence-electron chi connectivity index (χ0n) is 53.9. The van der Waals surface area contributed by atoms with Crippen LogP contribution in [0.5, 0.6) is 5.75 Å². The Bertz CT molecular complexity index is 4070. The average molecular weight is 1360 g/mol. The fraction of sp³-hybridized carbons (Fsp3) is 0.318. The number of oxime groups is 2. The van der Waals surface area contributed by atoms with Gasteiger partial charge in [0.1, 0.15) is 65.4 Å². The van der Waals surface area contributed by atoms with Gasteiger partial charge in [0.2, 0.25) is 0 Å². The van der Waals surface area contributed by atoms with E-state index >= 15 is 0 Å². The minimum Gasteiger partial charge on any atom is -0.543 e. The Morgan fingerprint density at radius 1 is 0.825 bits per heavy atom. The molecule has 6 amide bonds. The quantitative estimate of drug-likeness (QED) is 0.0126. The number of methoxy groups -OCH3 is 1. The smallest absolute Gasteiger partial charge is 0.355 e. The maximum atomic E-state index is 13.9. The maximum Gasteiger partial charge on any atom is 0.355 e. The molecule has 0 bridgehead atoms. The van der Waals surface area contributed by atoms with Crippen LogP contribution in [0.25, 0.3) is 17.2 Å². The Balaban J connectivity index is 0.000000263. The van der Waals surface area contributed by atoms with Gasteiger partial charge in [-0.25, -0.2) is 9.36 Å². The molecule has 2 aromatic heterocycles. The predicted octanol–water partition coefficient (Wildman–Crippen LogP) is 3.06. The lowest BCUT2D eigenvalue weighted by atomic mass is 10.0. The molecular weight excluding hydrogens is 1290 g/mol. The van der Waals surface area contributed by atoms with Crippen LogP contribution in [-0.4, -0.2) is 157 Å². The second-order valence-corrected chi connectivity index (χ2v) is 24.8. The van der Waals surface area contributed by atoms with Crippen LogP contribution in [0, 0.1) is 22.9 Å². The number of carbonyl (C=O) groups excluding carboxylic acids is 9. The average Bonchev–Trinajstić information content (AvgIpc) is 1.11. The first kappa shape index (κ1) is 71.5. The third-order valence-electron chi connectivity index (χ3n) is 14.6. The summed E-state index contributed by atoms with van der Waals surface area (Å²) in [5.74, 6) is -5.01. The first-order valence-electron chi connectivity index (χ1n) is 30.0. The number of nitrogens with zero attached hydrogens (tertiary/aromatic N) is 9. The Kier molecular flexibility index (Phi) is 24.1. The number of carbonyl (C=O) groups is 9. The molecule has 4 atom stereocenters. The number of fused-ring (bicyclic) bond motifs is 2. The van der Waals surface area contributed by atoms with Crippen LogP contribution in [0.2, 0.25) is 0 Å². The number of H-pyrrole nitrogens is 1. The zero-order valence-corrected chi connectivity index (χ0v) is 55.5. The maximum absolute atomic E-state index is 13.9. The number of allylic oxidation sites excluding steroid dienone is 6. The Labute approximate surface area is 565 Å². The number of aliphatic carboxylic acids is 1. The normalized spacial score (nSPS) is 18.8. The Morgan fingerprint density at radius 3 is 2.06 bits per heavy atom. The topological polar surface area (TPSA) is 385 Å². The van der Waals surface area contributed by atoms with Crippen molar-refractivity contribution < 1.29 is 76.7 Å². The van der Waals surface area contributed by atoms with E-state index in [2.05, 4.69) is 36.2 Å². The Hall–Kier alpha value is -11.3. The van der Waals surface area contributed by atoms with Gasteiger partial charge >= 0.3 is 11.9 Å². The fourth-order valence-corrected chi connectivity index (χ4v) is 12.7. The molecule has 2 saturated heterocycles. The van der Waals surface area contributed by atoms with Gasteiger partial charge in [0, 0.05) is 89.6 Å². The van der Waals surface area contributed by atoms with Gasteiger partial charge in [0.15, 0.2) is 37.0 Å². The van der Waals surface area contributed by atoms with E-state index in [4.69, 9.17) is 34.4 Å². The van der Waals surface area contributed by atoms with Crippen LogP contribution >= 0.6 is 23.5 Å². The van der Waals surface area contributed by atoms with Crippen LogP contribution in [0.1, 0.15) is 66.1 Å². The number of aromatic amines is 1. The molecule has 31 heteroatoms. The number of ether oxygens (including phenoxy) is 3. The van der Waals surface area contributed by atoms with E-state index < -0.39 is 88.2 Å². The fourth-order valence-electron chi connectivity index (χ4n) is 9.99. The number of amides is 6. The van der Waals surface area contributed by atoms with E-state index in [0.717, 1.165) is 22.3 Å². The van der Waals surface area contributed by atoms with Crippen molar-refractivity contribution in [3.8, 4) is 29.3 Å². The van der Waals surface area contributed by atoms with E-state index in [1.807, 2.05) is 59.0 Å². The summed E-state index contributed by atoms with van der Waals surface area (Å²) in [5.41, 5.74) is 6.01. The zero-order chi connectivity index (χ0) is 70.1. The molecule has 3 aromatic rings. The van der Waals surface area contributed by atoms with Gasteiger partial charge in [0.25, 0.3) is 35.4 Å². The summed E-state index contributed by atoms with van der Waals surface area (Å²) < 4.78 is 18.1. The number of esters is 2. The summed E-state index contributed by atoms with van der Waals surface area (Å²) in [6.45, 7) is 12.5. The molecular formula is C66H68N14O15S2. The van der Waals surface area contributed by atoms with Gasteiger partial charge in [-0.05, 0) is 119 Å². The number of nitriles is 2. The monoisotopic (exact) mass is 1360 g/mol. The molecule has 97 heavy (non-hydrogen) atoms. The lowest BCUT2D eigenvalue weighted by molar-refractivity contribution is -0.689. The lowest BCUT2D eigenvalue weighted by Gasteiger charge is -2.50. The molecule has 6 aliphatic heterocycles. The molecule has 4 unspecified atom stereocenters. The minimum absolute atomic E-state index is 0.0560. The van der Waals surface area contributed by atoms with Crippen molar-refractivity contribution in [1.82, 2.24) is 41.0 Å². The third-order valence-corrected chi connectivity index (χ3v) is 17.3. The van der Waals surface area contributed by atoms with Gasteiger partial charge in [-0.2, -0.15) is 10.5 Å². The molecule has 29 nitrogen and oxygen atoms in total. The Morgan fingerprint density at radius 2 is 1.44 bits per heavy atom. The van der Waals surface area contributed by atoms with Crippen molar-refractivity contribution in [2.24, 2.45) is 15.3 Å². The van der Waals surface area contributed by atoms with Crippen LogP contribution in [0.3, 0.4) is 0 Å². The predicted molar refractivity (Wildman–Crippen MR) is 351 cm³/mol. The van der Waals surface area contributed by atoms with Crippen molar-refractivity contribution in [1.29, 1.82) is 10.5 Å². The number of carboxylic acid groups (broad SMARTS) is 1. The molecule has 0 aliphatic carbocycles. The molecule has 0 radical (unpaired) electrons. The second kappa shape index (κ2) is 32.7. The van der Waals surface area contributed by atoms with E-state index in [9.17, 15) is 48.3 Å². The van der Waals surface area contributed by atoms with E-state index in [0.29, 0.717) is 57.5 Å². The number of rotatable bonds is 24. The molecule has 0 saturated carbocycles. The number of carboxylic acids is 1. The molecule has 504 valence electrons. The number of hydrogen-bond donors (Lipinski definition) is 5. The van der Waals surface area contributed by atoms with Crippen LogP contribution in [0.15, 0.2) is 164 Å². The summed E-state index contributed by atoms with van der Waals surface area (Å²) in [4.78, 5) is 136. The molecule has 2 fully saturated rings. The summed E-state index contributed by atoms with van der Waals surface area (Å²) in [5, 5.41) is 44.8. The van der Waals surface area contributed by atoms with Crippen molar-refractivity contribution in [2.45, 2.75) is 96.5 Å². The number of thioether (sulfide) groups is 2. The molecule has 9 rings (SSSR count). The van der Waals surface area contributed by atoms with E-state index in [1.54, 1.807) is 121 Å². The summed E-state index contributed by atoms with van der Waals surface area (Å²) in [7, 11) is 1.55. The highest BCUT2D eigenvalue weighted by Crippen LogP contribution is 2.42. The summed E-state index contributed by atoms with van der Waals surface area (Å²) in [6, 6.07) is 10.7. The number of nitrogens with one attached hydrogen (secondary N) is 5. The first-order chi connectivity index (χ1) is 46.4. The van der Waals surface area contributed by atoms with Crippen molar-refractivity contribution in [2.75, 3.05) is 38.4 Å². The van der Waals surface area contributed by atoms with E-state index in [1.165, 1.54) is 52.4 Å². The molecule has 0 spiro atoms. The van der Waals surface area contributed by atoms with Gasteiger partial charge in [0.05, 0.1) is 30.9 Å². The van der Waals surface area contributed by atoms with Crippen LogP contribution in [0.4, 0.5) is 0 Å². The minimum atomic E-state index is -1.46. The molecule has 5 N–H and O–H groups in total. The van der Waals surface area contributed by atoms with Crippen LogP contribution < -0.4 is 35.7 Å². The number of aliphatic imine (C=N–C) groups is 1. The molecule has 8 heterocycles. The SMILES string of the molecule is CCO/N=C(\CC(=O)OC(C)(C)C)C(=O)NC1C(=O)N2C(C(=O)OCc3ccc(OC)cc3)=C(CN3C=CC(=C4C=NC(/C(C)=C/C(=O)NC#N)=C4)C=C3)CSC12.CCON=C(C)C(=O)NC1C(=O)N2C(C(=O)[O-])=C(C[n+]3ccc(-c4c[nH]c(/C=C\C(=O)NC#N)c4)cc3)CSC12. The van der Waals surface area contributed by atoms with Crippen LogP contribution in [-0.2, 0) is 75.5 Å². The standard InChI is InChI=1S/C40H43N7O9S.C26H25N7O6S/c1-7-55-45-31(18-33(49)56-40(3,4)5)36(50)44-34-37(51)47-35(39(52)54-21-25-8-10-29(53-6)11-9-25)28(22-57-38(34)47)20-46-14-12-26(13-15-46)27-17-30(42-19-27)24(2)16-32(48)43-23-41;1-3-39-31-15(2)23(35)30-21-24(36)33-22(26(37)38)18(13-40-25(21)33)12-32-8-6-16(7-9-32)17-10-19(28-11-17)4-5-20(34)29-14-27/h8-17,19,34,38H,7,18,20-22H2,1-6H3,(H,43,48)(H,44,50);4-11,21,25H,3,12-13H2,1-2H3,(H3,29,30,34,35,37,38)/b24-16+,45-31+;5-4-,31-15?. The number of hydrogen-bond acceptors (Lipinski definition) is 23. The molecule has 1 aromatic carbocycles. The van der Waals surface area contributed by atoms with Crippen molar-refractivity contribution >= 4 is 101 Å². The number of β-lactam (4-membered cyclic amide) rings is 2. The third kappa shape index (κ3) is 18.3. The number of benzene rings is 1. The first-order valence-corrected chi connectivity index (χ1v) is 32.1. The van der Waals surface area contributed by atoms with Gasteiger partial charge in [-0.1, -0.05) is 22.4 Å². The van der Waals surface area contributed by atoms with Crippen molar-refractivity contribution in [3.63, 3.8) is 0 Å². The number of aromatic nitrogens is 2. The lowest BCUT2D eigenvalue weighted by Crippen LogP contribution is -2.71. The van der Waals surface area contributed by atoms with Gasteiger partial charge in [-0.15, -0.1) is 23.5 Å². The van der Waals surface area contributed by atoms with Gasteiger partial charge in [-0.3, -0.25) is 59.0 Å². The highest BCUT2D eigenvalue weighted by atomic mass is 32.2. The molecule has 6 aliphatic rings. The second-order valence-electron chi connectivity index (χ2n) is 22.6. The van der Waals surface area contributed by atoms with E-state index in [-0.39, 0.29) is 49.1 Å². The highest BCUT2D eigenvalue weighted by molar-refractivity contribution is 8.00. The number of pyridine rings is 1. The highest BCUT2D eigenvalue weighted by Gasteiger charge is 2.55. The largest absolute Gasteiger partial charge is 0.543 e. The van der Waals surface area contributed by atoms with Crippen molar-refractivity contribution in [3.05, 3.63) is 160 Å².